The zero-order valence-electron chi connectivity index (χ0n) is 14.0. The van der Waals surface area contributed by atoms with Gasteiger partial charge < -0.3 is 0 Å². The molecule has 0 N–H and O–H groups in total. The van der Waals surface area contributed by atoms with E-state index >= 15 is 0 Å². The predicted molar refractivity (Wildman–Crippen MR) is 91.4 cm³/mol. The minimum absolute atomic E-state index is 0.517. The van der Waals surface area contributed by atoms with Crippen LogP contribution in [0.15, 0.2) is 59.8 Å². The Morgan fingerprint density at radius 1 is 1.11 bits per heavy atom. The van der Waals surface area contributed by atoms with Crippen molar-refractivity contribution in [2.75, 3.05) is 0 Å². The molecule has 19 heavy (non-hydrogen) atoms. The van der Waals surface area contributed by atoms with Crippen molar-refractivity contribution in [3.8, 4) is 0 Å². The van der Waals surface area contributed by atoms with Crippen molar-refractivity contribution in [2.45, 2.75) is 54.9 Å². The van der Waals surface area contributed by atoms with Crippen LogP contribution in [0.5, 0.6) is 0 Å². The van der Waals surface area contributed by atoms with Gasteiger partial charge in [-0.15, -0.1) is 0 Å². The molecule has 0 aromatic heterocycles. The van der Waals surface area contributed by atoms with Crippen LogP contribution < -0.4 is 0 Å². The standard InChI is InChI=1S/C17H26.C2H6/c1-7-9-10-11-12-17(8-2)13-15(5)16(6)14(3)4;1-2/h7,9-14H,6,8H2,1-5H3;1-2H3/b9-7-,11-10+,15-13+,17-12-;. The lowest BCUT2D eigenvalue weighted by Gasteiger charge is -2.10. The van der Waals surface area contributed by atoms with Gasteiger partial charge in [-0.3, -0.25) is 0 Å². The van der Waals surface area contributed by atoms with Gasteiger partial charge in [0.15, 0.2) is 0 Å². The molecule has 0 aliphatic rings. The molecule has 0 amide bonds. The van der Waals surface area contributed by atoms with Crippen LogP contribution in [0.3, 0.4) is 0 Å². The second-order valence-corrected chi connectivity index (χ2v) is 4.51. The Kier molecular flexibility index (Phi) is 13.8. The fraction of sp³-hybridized carbons (Fsp3) is 0.474. The zero-order chi connectivity index (χ0) is 15.3. The van der Waals surface area contributed by atoms with E-state index in [0.717, 1.165) is 6.42 Å². The summed E-state index contributed by atoms with van der Waals surface area (Å²) in [5, 5.41) is 0. The third kappa shape index (κ3) is 10.3. The highest BCUT2D eigenvalue weighted by molar-refractivity contribution is 5.36. The number of hydrogen-bond acceptors (Lipinski definition) is 0. The Labute approximate surface area is 121 Å². The van der Waals surface area contributed by atoms with Gasteiger partial charge in [-0.2, -0.15) is 0 Å². The van der Waals surface area contributed by atoms with Crippen molar-refractivity contribution < 1.29 is 0 Å². The van der Waals surface area contributed by atoms with E-state index in [2.05, 4.69) is 58.6 Å². The van der Waals surface area contributed by atoms with E-state index in [1.807, 2.05) is 32.9 Å². The highest BCUT2D eigenvalue weighted by Gasteiger charge is 2.02. The predicted octanol–water partition coefficient (Wildman–Crippen LogP) is 6.64. The second-order valence-electron chi connectivity index (χ2n) is 4.51. The first-order chi connectivity index (χ1) is 9.02. The van der Waals surface area contributed by atoms with E-state index in [0.29, 0.717) is 5.92 Å². The van der Waals surface area contributed by atoms with Gasteiger partial charge in [-0.05, 0) is 42.9 Å². The fourth-order valence-corrected chi connectivity index (χ4v) is 1.45. The lowest BCUT2D eigenvalue weighted by atomic mass is 9.96. The summed E-state index contributed by atoms with van der Waals surface area (Å²) in [6, 6.07) is 0. The highest BCUT2D eigenvalue weighted by Crippen LogP contribution is 2.19. The maximum Gasteiger partial charge on any atom is -0.0222 e. The van der Waals surface area contributed by atoms with Crippen molar-refractivity contribution in [1.82, 2.24) is 0 Å². The molecule has 0 nitrogen and oxygen atoms in total. The Balaban J connectivity index is 0. The highest BCUT2D eigenvalue weighted by atomic mass is 14.1. The monoisotopic (exact) mass is 260 g/mol. The molecule has 0 aromatic carbocycles. The minimum atomic E-state index is 0.517. The number of hydrogen-bond donors (Lipinski definition) is 0. The smallest absolute Gasteiger partial charge is 0.0222 e. The molecule has 0 aliphatic heterocycles. The summed E-state index contributed by atoms with van der Waals surface area (Å²) in [6.07, 6.45) is 13.6. The van der Waals surface area contributed by atoms with Crippen LogP contribution in [-0.2, 0) is 0 Å². The van der Waals surface area contributed by atoms with Crippen molar-refractivity contribution in [3.63, 3.8) is 0 Å². The first kappa shape index (κ1) is 20.0. The average molecular weight is 260 g/mol. The molecule has 0 saturated heterocycles. The molecular weight excluding hydrogens is 228 g/mol. The van der Waals surface area contributed by atoms with Crippen LogP contribution >= 0.6 is 0 Å². The summed E-state index contributed by atoms with van der Waals surface area (Å²) in [4.78, 5) is 0. The van der Waals surface area contributed by atoms with Crippen molar-refractivity contribution in [2.24, 2.45) is 5.92 Å². The van der Waals surface area contributed by atoms with Crippen LogP contribution in [0.25, 0.3) is 0 Å². The van der Waals surface area contributed by atoms with Gasteiger partial charge in [0.1, 0.15) is 0 Å². The average Bonchev–Trinajstić information content (AvgIpc) is 2.43. The maximum atomic E-state index is 4.13. The number of rotatable bonds is 6. The van der Waals surface area contributed by atoms with Gasteiger partial charge in [0.25, 0.3) is 0 Å². The van der Waals surface area contributed by atoms with Gasteiger partial charge in [0.05, 0.1) is 0 Å². The topological polar surface area (TPSA) is 0 Å². The molecule has 0 atom stereocenters. The van der Waals surface area contributed by atoms with Crippen LogP contribution in [0.1, 0.15) is 54.9 Å². The second kappa shape index (κ2) is 13.1. The third-order valence-corrected chi connectivity index (χ3v) is 2.74. The van der Waals surface area contributed by atoms with Crippen LogP contribution in [0.4, 0.5) is 0 Å². The maximum absolute atomic E-state index is 4.13. The van der Waals surface area contributed by atoms with Crippen molar-refractivity contribution in [3.05, 3.63) is 59.8 Å². The summed E-state index contributed by atoms with van der Waals surface area (Å²) in [5.74, 6) is 0.517. The third-order valence-electron chi connectivity index (χ3n) is 2.74. The van der Waals surface area contributed by atoms with E-state index in [-0.39, 0.29) is 0 Å². The van der Waals surface area contributed by atoms with Crippen LogP contribution in [-0.4, -0.2) is 0 Å². The molecule has 0 aromatic rings. The summed E-state index contributed by atoms with van der Waals surface area (Å²) in [6.45, 7) is 18.8. The Bertz CT molecular complexity index is 346. The molecule has 0 aliphatic carbocycles. The molecule has 0 saturated carbocycles. The summed E-state index contributed by atoms with van der Waals surface area (Å²) in [7, 11) is 0. The first-order valence-corrected chi connectivity index (χ1v) is 7.38. The summed E-state index contributed by atoms with van der Waals surface area (Å²) in [5.41, 5.74) is 3.85. The Morgan fingerprint density at radius 2 is 1.68 bits per heavy atom. The molecule has 0 heteroatoms. The van der Waals surface area contributed by atoms with Crippen LogP contribution in [0.2, 0.25) is 0 Å². The number of allylic oxidation sites excluding steroid dienone is 9. The van der Waals surface area contributed by atoms with Gasteiger partial charge in [0.2, 0.25) is 0 Å². The van der Waals surface area contributed by atoms with Gasteiger partial charge in [0, 0.05) is 0 Å². The lowest BCUT2D eigenvalue weighted by molar-refractivity contribution is 0.781. The molecule has 0 rings (SSSR count). The summed E-state index contributed by atoms with van der Waals surface area (Å²) >= 11 is 0. The minimum Gasteiger partial charge on any atom is -0.0953 e. The molecule has 0 spiro atoms. The molecule has 108 valence electrons. The van der Waals surface area contributed by atoms with Crippen molar-refractivity contribution in [1.29, 1.82) is 0 Å². The molecule has 0 fully saturated rings. The van der Waals surface area contributed by atoms with Crippen molar-refractivity contribution >= 4 is 0 Å². The van der Waals surface area contributed by atoms with Gasteiger partial charge in [-0.1, -0.05) is 77.7 Å². The Hall–Kier alpha value is -1.30. The largest absolute Gasteiger partial charge is 0.0953 e. The molecule has 0 unspecified atom stereocenters. The normalized spacial score (nSPS) is 13.1. The molecular formula is C19H32. The summed E-state index contributed by atoms with van der Waals surface area (Å²) < 4.78 is 0. The SMILES string of the molecule is C=C(/C(C)=C/C(=C\C=C\C=C/C)CC)C(C)C.CC. The quantitative estimate of drug-likeness (QED) is 0.469. The van der Waals surface area contributed by atoms with Gasteiger partial charge >= 0.3 is 0 Å². The van der Waals surface area contributed by atoms with E-state index in [4.69, 9.17) is 0 Å². The Morgan fingerprint density at radius 3 is 2.11 bits per heavy atom. The van der Waals surface area contributed by atoms with E-state index in [1.165, 1.54) is 16.7 Å². The molecule has 0 radical (unpaired) electrons. The first-order valence-electron chi connectivity index (χ1n) is 7.38. The van der Waals surface area contributed by atoms with Gasteiger partial charge in [-0.25, -0.2) is 0 Å². The van der Waals surface area contributed by atoms with Crippen LogP contribution in [0, 0.1) is 5.92 Å². The molecule has 0 heterocycles. The van der Waals surface area contributed by atoms with E-state index < -0.39 is 0 Å². The lowest BCUT2D eigenvalue weighted by Crippen LogP contribution is -1.94. The zero-order valence-corrected chi connectivity index (χ0v) is 14.0. The fourth-order valence-electron chi connectivity index (χ4n) is 1.45. The van der Waals surface area contributed by atoms with E-state index in [9.17, 15) is 0 Å². The van der Waals surface area contributed by atoms with E-state index in [1.54, 1.807) is 0 Å². The molecule has 0 bridgehead atoms.